The zero-order chi connectivity index (χ0) is 12.1. The molecular formula is C15H23NO. The Labute approximate surface area is 104 Å². The summed E-state index contributed by atoms with van der Waals surface area (Å²) in [7, 11) is 0. The molecule has 2 nitrogen and oxygen atoms in total. The second kappa shape index (κ2) is 6.18. The van der Waals surface area contributed by atoms with E-state index in [2.05, 4.69) is 49.5 Å². The van der Waals surface area contributed by atoms with Crippen LogP contribution in [0.15, 0.2) is 30.3 Å². The molecule has 1 heterocycles. The number of rotatable bonds is 5. The van der Waals surface area contributed by atoms with Crippen molar-refractivity contribution in [3.63, 3.8) is 0 Å². The largest absolute Gasteiger partial charge is 0.381 e. The van der Waals surface area contributed by atoms with E-state index < -0.39 is 0 Å². The monoisotopic (exact) mass is 233 g/mol. The summed E-state index contributed by atoms with van der Waals surface area (Å²) in [6.45, 7) is 6.37. The smallest absolute Gasteiger partial charge is 0.0509 e. The Hall–Kier alpha value is -0.860. The second-order valence-corrected chi connectivity index (χ2v) is 4.95. The Bertz CT molecular complexity index is 319. The van der Waals surface area contributed by atoms with Crippen molar-refractivity contribution >= 4 is 0 Å². The van der Waals surface area contributed by atoms with Gasteiger partial charge >= 0.3 is 0 Å². The first kappa shape index (κ1) is 12.6. The van der Waals surface area contributed by atoms with Gasteiger partial charge in [-0.25, -0.2) is 0 Å². The lowest BCUT2D eigenvalue weighted by molar-refractivity contribution is 0.176. The molecule has 0 amide bonds. The maximum Gasteiger partial charge on any atom is 0.0509 e. The number of hydrogen-bond donors (Lipinski definition) is 1. The van der Waals surface area contributed by atoms with Crippen molar-refractivity contribution in [3.05, 3.63) is 35.9 Å². The third kappa shape index (κ3) is 3.30. The van der Waals surface area contributed by atoms with Crippen LogP contribution < -0.4 is 5.32 Å². The molecule has 0 aliphatic carbocycles. The van der Waals surface area contributed by atoms with E-state index >= 15 is 0 Å². The van der Waals surface area contributed by atoms with Crippen molar-refractivity contribution in [2.24, 2.45) is 5.92 Å². The van der Waals surface area contributed by atoms with E-state index in [4.69, 9.17) is 4.74 Å². The maximum atomic E-state index is 5.46. The molecule has 0 saturated carbocycles. The quantitative estimate of drug-likeness (QED) is 0.843. The zero-order valence-electron chi connectivity index (χ0n) is 10.9. The highest BCUT2D eigenvalue weighted by Gasteiger charge is 2.24. The van der Waals surface area contributed by atoms with Gasteiger partial charge in [-0.2, -0.15) is 0 Å². The van der Waals surface area contributed by atoms with Crippen LogP contribution in [-0.2, 0) is 4.74 Å². The van der Waals surface area contributed by atoms with Crippen molar-refractivity contribution in [1.29, 1.82) is 0 Å². The summed E-state index contributed by atoms with van der Waals surface area (Å²) in [5, 5.41) is 3.74. The van der Waals surface area contributed by atoms with Gasteiger partial charge in [0.15, 0.2) is 0 Å². The molecule has 17 heavy (non-hydrogen) atoms. The molecule has 3 atom stereocenters. The van der Waals surface area contributed by atoms with Crippen molar-refractivity contribution in [2.45, 2.75) is 38.8 Å². The van der Waals surface area contributed by atoms with Gasteiger partial charge in [0.1, 0.15) is 0 Å². The van der Waals surface area contributed by atoms with E-state index in [9.17, 15) is 0 Å². The molecule has 1 aromatic carbocycles. The summed E-state index contributed by atoms with van der Waals surface area (Å²) in [4.78, 5) is 0. The van der Waals surface area contributed by atoms with Gasteiger partial charge in [-0.3, -0.25) is 0 Å². The topological polar surface area (TPSA) is 21.3 Å². The Morgan fingerprint density at radius 1 is 1.35 bits per heavy atom. The highest BCUT2D eigenvalue weighted by atomic mass is 16.5. The van der Waals surface area contributed by atoms with Crippen LogP contribution in [0, 0.1) is 5.92 Å². The summed E-state index contributed by atoms with van der Waals surface area (Å²) in [6.07, 6.45) is 2.32. The molecule has 2 rings (SSSR count). The van der Waals surface area contributed by atoms with Crippen molar-refractivity contribution in [1.82, 2.24) is 5.32 Å². The van der Waals surface area contributed by atoms with Gasteiger partial charge in [0.2, 0.25) is 0 Å². The molecule has 1 aliphatic rings. The van der Waals surface area contributed by atoms with Crippen LogP contribution in [0.1, 0.15) is 38.3 Å². The van der Waals surface area contributed by atoms with E-state index in [1.807, 2.05) is 0 Å². The molecule has 0 spiro atoms. The summed E-state index contributed by atoms with van der Waals surface area (Å²) >= 11 is 0. The van der Waals surface area contributed by atoms with Crippen molar-refractivity contribution in [2.75, 3.05) is 13.2 Å². The number of nitrogens with one attached hydrogen (secondary N) is 1. The molecule has 1 fully saturated rings. The average Bonchev–Trinajstić information content (AvgIpc) is 2.90. The Balaban J connectivity index is 1.95. The normalized spacial score (nSPS) is 23.5. The summed E-state index contributed by atoms with van der Waals surface area (Å²) < 4.78 is 5.46. The van der Waals surface area contributed by atoms with Gasteiger partial charge in [0.05, 0.1) is 6.61 Å². The van der Waals surface area contributed by atoms with Crippen LogP contribution in [0.4, 0.5) is 0 Å². The van der Waals surface area contributed by atoms with Crippen LogP contribution >= 0.6 is 0 Å². The lowest BCUT2D eigenvalue weighted by Crippen LogP contribution is -2.36. The fourth-order valence-electron chi connectivity index (χ4n) is 2.54. The maximum absolute atomic E-state index is 5.46. The number of hydrogen-bond acceptors (Lipinski definition) is 2. The molecule has 0 bridgehead atoms. The molecule has 94 valence electrons. The van der Waals surface area contributed by atoms with E-state index in [1.165, 1.54) is 12.0 Å². The third-order valence-electron chi connectivity index (χ3n) is 3.75. The third-order valence-corrected chi connectivity index (χ3v) is 3.75. The minimum absolute atomic E-state index is 0.465. The fourth-order valence-corrected chi connectivity index (χ4v) is 2.54. The molecule has 1 aromatic rings. The van der Waals surface area contributed by atoms with Gasteiger partial charge in [-0.15, -0.1) is 0 Å². The van der Waals surface area contributed by atoms with E-state index in [-0.39, 0.29) is 0 Å². The Morgan fingerprint density at radius 3 is 2.71 bits per heavy atom. The van der Waals surface area contributed by atoms with Crippen molar-refractivity contribution < 1.29 is 4.74 Å². The van der Waals surface area contributed by atoms with E-state index in [1.54, 1.807) is 0 Å². The molecule has 0 aromatic heterocycles. The van der Waals surface area contributed by atoms with Gasteiger partial charge in [-0.05, 0) is 31.2 Å². The molecule has 1 aliphatic heterocycles. The van der Waals surface area contributed by atoms with E-state index in [0.717, 1.165) is 19.6 Å². The second-order valence-electron chi connectivity index (χ2n) is 4.95. The first-order valence-corrected chi connectivity index (χ1v) is 6.70. The van der Waals surface area contributed by atoms with Gasteiger partial charge in [0.25, 0.3) is 0 Å². The zero-order valence-corrected chi connectivity index (χ0v) is 10.9. The summed E-state index contributed by atoms with van der Waals surface area (Å²) in [6, 6.07) is 11.7. The summed E-state index contributed by atoms with van der Waals surface area (Å²) in [5.41, 5.74) is 1.39. The predicted octanol–water partition coefficient (Wildman–Crippen LogP) is 3.15. The highest BCUT2D eigenvalue weighted by molar-refractivity contribution is 5.18. The fraction of sp³-hybridized carbons (Fsp3) is 0.600. The van der Waals surface area contributed by atoms with Crippen LogP contribution in [0.2, 0.25) is 0 Å². The predicted molar refractivity (Wildman–Crippen MR) is 71.0 cm³/mol. The molecule has 1 N–H and O–H groups in total. The Morgan fingerprint density at radius 2 is 2.12 bits per heavy atom. The molecule has 3 unspecified atom stereocenters. The van der Waals surface area contributed by atoms with E-state index in [0.29, 0.717) is 18.0 Å². The lowest BCUT2D eigenvalue weighted by atomic mass is 9.97. The highest BCUT2D eigenvalue weighted by Crippen LogP contribution is 2.22. The van der Waals surface area contributed by atoms with Gasteiger partial charge in [-0.1, -0.05) is 37.3 Å². The molecule has 1 saturated heterocycles. The van der Waals surface area contributed by atoms with Crippen LogP contribution in [0.25, 0.3) is 0 Å². The molecule has 2 heteroatoms. The number of ether oxygens (including phenoxy) is 1. The Kier molecular flexibility index (Phi) is 4.57. The lowest BCUT2D eigenvalue weighted by Gasteiger charge is -2.26. The summed E-state index contributed by atoms with van der Waals surface area (Å²) in [5.74, 6) is 0.674. The molecular weight excluding hydrogens is 210 g/mol. The average molecular weight is 233 g/mol. The van der Waals surface area contributed by atoms with Crippen LogP contribution in [0.5, 0.6) is 0 Å². The van der Waals surface area contributed by atoms with Crippen LogP contribution in [0.3, 0.4) is 0 Å². The minimum Gasteiger partial charge on any atom is -0.381 e. The standard InChI is InChI=1S/C15H23NO/c1-3-15(13-7-5-4-6-8-13)16-12(2)14-9-10-17-11-14/h4-8,12,14-16H,3,9-11H2,1-2H3. The number of benzene rings is 1. The first-order chi connectivity index (χ1) is 8.31. The van der Waals surface area contributed by atoms with Gasteiger partial charge < -0.3 is 10.1 Å². The molecule has 0 radical (unpaired) electrons. The van der Waals surface area contributed by atoms with Crippen molar-refractivity contribution in [3.8, 4) is 0 Å². The minimum atomic E-state index is 0.465. The first-order valence-electron chi connectivity index (χ1n) is 6.70. The van der Waals surface area contributed by atoms with Gasteiger partial charge in [0, 0.05) is 18.7 Å². The van der Waals surface area contributed by atoms with Crippen LogP contribution in [-0.4, -0.2) is 19.3 Å². The SMILES string of the molecule is CCC(NC(C)C1CCOC1)c1ccccc1.